The summed E-state index contributed by atoms with van der Waals surface area (Å²) in [5.41, 5.74) is 0.352. The molecule has 4 heteroatoms. The first-order valence-corrected chi connectivity index (χ1v) is 4.40. The highest BCUT2D eigenvalue weighted by atomic mass is 79.9. The quantitative estimate of drug-likeness (QED) is 0.570. The first-order valence-electron chi connectivity index (χ1n) is 2.81. The molecule has 0 aromatic heterocycles. The molecule has 0 saturated heterocycles. The Hall–Kier alpha value is -0.220. The number of hydrogen-bond acceptors (Lipinski definition) is 2. The van der Waals surface area contributed by atoms with Crippen molar-refractivity contribution < 1.29 is 0 Å². The van der Waals surface area contributed by atoms with Gasteiger partial charge in [-0.1, -0.05) is 28.6 Å². The van der Waals surface area contributed by atoms with E-state index in [1.54, 1.807) is 19.1 Å². The second kappa shape index (κ2) is 5.43. The zero-order chi connectivity index (χ0) is 8.85. The molecule has 0 heterocycles. The average Bonchev–Trinajstić information content (AvgIpc) is 1.88. The van der Waals surface area contributed by atoms with Gasteiger partial charge >= 0.3 is 0 Å². The summed E-state index contributed by atoms with van der Waals surface area (Å²) >= 11 is 6.33. The molecule has 0 aromatic carbocycles. The van der Waals surface area contributed by atoms with E-state index in [9.17, 15) is 4.91 Å². The number of hydrogen-bond donors (Lipinski definition) is 0. The number of rotatable bonds is 3. The van der Waals surface area contributed by atoms with Crippen LogP contribution in [0.1, 0.15) is 6.92 Å². The summed E-state index contributed by atoms with van der Waals surface area (Å²) in [5.74, 6) is 0. The van der Waals surface area contributed by atoms with Gasteiger partial charge < -0.3 is 0 Å². The third kappa shape index (κ3) is 3.62. The SMILES string of the molecule is C=C/C=C(Br)\C(N=O)=C(/C)Br. The zero-order valence-electron chi connectivity index (χ0n) is 5.97. The summed E-state index contributed by atoms with van der Waals surface area (Å²) < 4.78 is 1.31. The van der Waals surface area contributed by atoms with Gasteiger partial charge in [0.2, 0.25) is 0 Å². The van der Waals surface area contributed by atoms with Gasteiger partial charge in [0.25, 0.3) is 0 Å². The number of nitrogens with zero attached hydrogens (tertiary/aromatic N) is 1. The molecule has 0 spiro atoms. The van der Waals surface area contributed by atoms with Crippen molar-refractivity contribution in [3.63, 3.8) is 0 Å². The van der Waals surface area contributed by atoms with Crippen LogP contribution in [0.4, 0.5) is 0 Å². The molecule has 0 atom stereocenters. The zero-order valence-corrected chi connectivity index (χ0v) is 9.15. The number of halogens is 2. The van der Waals surface area contributed by atoms with Crippen molar-refractivity contribution in [1.82, 2.24) is 0 Å². The predicted molar refractivity (Wildman–Crippen MR) is 54.6 cm³/mol. The largest absolute Gasteiger partial charge is 0.145 e. The van der Waals surface area contributed by atoms with Crippen molar-refractivity contribution in [2.75, 3.05) is 0 Å². The first kappa shape index (κ1) is 10.8. The normalized spacial score (nSPS) is 13.9. The minimum absolute atomic E-state index is 0.352. The minimum Gasteiger partial charge on any atom is -0.145 e. The average molecular weight is 281 g/mol. The Morgan fingerprint density at radius 2 is 2.09 bits per heavy atom. The lowest BCUT2D eigenvalue weighted by Gasteiger charge is -1.95. The van der Waals surface area contributed by atoms with Crippen molar-refractivity contribution in [3.8, 4) is 0 Å². The Kier molecular flexibility index (Phi) is 5.32. The maximum absolute atomic E-state index is 10.2. The summed E-state index contributed by atoms with van der Waals surface area (Å²) in [6.07, 6.45) is 3.23. The molecule has 0 saturated carbocycles. The van der Waals surface area contributed by atoms with Crippen LogP contribution in [0.15, 0.2) is 38.6 Å². The molecular formula is C7H7Br2NO. The Bertz CT molecular complexity index is 227. The van der Waals surface area contributed by atoms with E-state index in [0.29, 0.717) is 14.7 Å². The van der Waals surface area contributed by atoms with E-state index in [-0.39, 0.29) is 0 Å². The van der Waals surface area contributed by atoms with Gasteiger partial charge in [-0.3, -0.25) is 0 Å². The lowest BCUT2D eigenvalue weighted by Crippen LogP contribution is -1.77. The van der Waals surface area contributed by atoms with Crippen LogP contribution in [0.5, 0.6) is 0 Å². The van der Waals surface area contributed by atoms with Crippen LogP contribution in [0.3, 0.4) is 0 Å². The maximum Gasteiger partial charge on any atom is 0.131 e. The monoisotopic (exact) mass is 279 g/mol. The molecule has 11 heavy (non-hydrogen) atoms. The molecule has 0 bridgehead atoms. The fraction of sp³-hybridized carbons (Fsp3) is 0.143. The van der Waals surface area contributed by atoms with Crippen molar-refractivity contribution in [3.05, 3.63) is 38.3 Å². The first-order chi connectivity index (χ1) is 5.13. The Labute approximate surface area is 82.3 Å². The Balaban J connectivity index is 4.81. The topological polar surface area (TPSA) is 29.4 Å². The van der Waals surface area contributed by atoms with Crippen LogP contribution in [-0.4, -0.2) is 0 Å². The summed E-state index contributed by atoms with van der Waals surface area (Å²) in [4.78, 5) is 10.2. The molecule has 0 rings (SSSR count). The van der Waals surface area contributed by atoms with Gasteiger partial charge in [-0.2, -0.15) is 0 Å². The second-order valence-electron chi connectivity index (χ2n) is 1.72. The molecule has 0 aliphatic carbocycles. The molecule has 0 amide bonds. The van der Waals surface area contributed by atoms with Crippen LogP contribution >= 0.6 is 31.9 Å². The van der Waals surface area contributed by atoms with Crippen LogP contribution in [0, 0.1) is 4.91 Å². The van der Waals surface area contributed by atoms with Gasteiger partial charge in [0, 0.05) is 8.96 Å². The second-order valence-corrected chi connectivity index (χ2v) is 3.77. The fourth-order valence-corrected chi connectivity index (χ4v) is 1.56. The highest BCUT2D eigenvalue weighted by Crippen LogP contribution is 2.24. The van der Waals surface area contributed by atoms with Gasteiger partial charge in [-0.25, -0.2) is 0 Å². The summed E-state index contributed by atoms with van der Waals surface area (Å²) in [7, 11) is 0. The smallest absolute Gasteiger partial charge is 0.131 e. The van der Waals surface area contributed by atoms with Gasteiger partial charge in [-0.05, 0) is 34.1 Å². The lowest BCUT2D eigenvalue weighted by molar-refractivity contribution is 1.34. The summed E-state index contributed by atoms with van der Waals surface area (Å²) in [6, 6.07) is 0. The molecule has 0 aliphatic heterocycles. The fourth-order valence-electron chi connectivity index (χ4n) is 0.453. The highest BCUT2D eigenvalue weighted by molar-refractivity contribution is 9.12. The third-order valence-corrected chi connectivity index (χ3v) is 1.92. The van der Waals surface area contributed by atoms with E-state index in [0.717, 1.165) is 0 Å². The van der Waals surface area contributed by atoms with Crippen molar-refractivity contribution >= 4 is 31.9 Å². The molecular weight excluding hydrogens is 274 g/mol. The van der Waals surface area contributed by atoms with Gasteiger partial charge in [-0.15, -0.1) is 4.91 Å². The molecule has 2 nitrogen and oxygen atoms in total. The molecule has 0 aromatic rings. The molecule has 0 N–H and O–H groups in total. The van der Waals surface area contributed by atoms with Gasteiger partial charge in [0.05, 0.1) is 0 Å². The molecule has 0 aliphatic rings. The Morgan fingerprint density at radius 1 is 1.55 bits per heavy atom. The van der Waals surface area contributed by atoms with Gasteiger partial charge in [0.15, 0.2) is 0 Å². The van der Waals surface area contributed by atoms with Gasteiger partial charge in [0.1, 0.15) is 5.70 Å². The summed E-state index contributed by atoms with van der Waals surface area (Å²) in [5, 5.41) is 2.83. The Morgan fingerprint density at radius 3 is 2.36 bits per heavy atom. The van der Waals surface area contributed by atoms with Crippen molar-refractivity contribution in [2.45, 2.75) is 6.92 Å². The highest BCUT2D eigenvalue weighted by Gasteiger charge is 2.03. The molecule has 60 valence electrons. The van der Waals surface area contributed by atoms with E-state index in [2.05, 4.69) is 43.6 Å². The number of allylic oxidation sites excluding steroid dienone is 4. The van der Waals surface area contributed by atoms with Crippen molar-refractivity contribution in [1.29, 1.82) is 0 Å². The lowest BCUT2D eigenvalue weighted by atomic mass is 10.4. The van der Waals surface area contributed by atoms with E-state index >= 15 is 0 Å². The maximum atomic E-state index is 10.2. The molecule has 0 unspecified atom stereocenters. The van der Waals surface area contributed by atoms with Crippen LogP contribution < -0.4 is 0 Å². The van der Waals surface area contributed by atoms with E-state index in [4.69, 9.17) is 0 Å². The molecule has 0 radical (unpaired) electrons. The van der Waals surface area contributed by atoms with Crippen LogP contribution in [0.25, 0.3) is 0 Å². The molecule has 0 fully saturated rings. The van der Waals surface area contributed by atoms with Crippen LogP contribution in [0.2, 0.25) is 0 Å². The minimum atomic E-state index is 0.352. The number of nitroso groups, excluding NO2 is 1. The summed E-state index contributed by atoms with van der Waals surface area (Å²) in [6.45, 7) is 5.23. The third-order valence-electron chi connectivity index (χ3n) is 0.908. The standard InChI is InChI=1S/C7H7Br2NO/c1-3-4-6(9)7(10-11)5(2)8/h3-4H,1H2,2H3/b6-4+,7-5-. The van der Waals surface area contributed by atoms with E-state index < -0.39 is 0 Å². The predicted octanol–water partition coefficient (Wildman–Crippen LogP) is 3.84. The van der Waals surface area contributed by atoms with E-state index in [1.165, 1.54) is 0 Å². The van der Waals surface area contributed by atoms with E-state index in [1.807, 2.05) is 0 Å². The van der Waals surface area contributed by atoms with Crippen LogP contribution in [-0.2, 0) is 0 Å². The van der Waals surface area contributed by atoms with Crippen molar-refractivity contribution in [2.24, 2.45) is 5.18 Å².